The summed E-state index contributed by atoms with van der Waals surface area (Å²) in [4.78, 5) is 0. The number of rotatable bonds is 2. The Morgan fingerprint density at radius 3 is 3.07 bits per heavy atom. The first-order valence-corrected chi connectivity index (χ1v) is 5.33. The molecule has 15 heavy (non-hydrogen) atoms. The van der Waals surface area contributed by atoms with Crippen molar-refractivity contribution in [1.29, 1.82) is 0 Å². The molecule has 3 unspecified atom stereocenters. The zero-order valence-electron chi connectivity index (χ0n) is 9.13. The molecule has 0 amide bonds. The van der Waals surface area contributed by atoms with Crippen molar-refractivity contribution in [2.75, 3.05) is 6.61 Å². The van der Waals surface area contributed by atoms with Crippen molar-refractivity contribution in [3.63, 3.8) is 0 Å². The van der Waals surface area contributed by atoms with Gasteiger partial charge in [-0.15, -0.1) is 5.10 Å². The van der Waals surface area contributed by atoms with Gasteiger partial charge in [-0.25, -0.2) is 4.68 Å². The van der Waals surface area contributed by atoms with Crippen molar-refractivity contribution in [2.24, 2.45) is 5.73 Å². The molecule has 2 heterocycles. The van der Waals surface area contributed by atoms with Crippen LogP contribution in [0.2, 0.25) is 0 Å². The van der Waals surface area contributed by atoms with E-state index in [1.165, 1.54) is 0 Å². The van der Waals surface area contributed by atoms with E-state index < -0.39 is 0 Å². The van der Waals surface area contributed by atoms with Gasteiger partial charge in [0, 0.05) is 6.61 Å². The average molecular weight is 211 g/mol. The van der Waals surface area contributed by atoms with Crippen LogP contribution < -0.4 is 5.73 Å². The lowest BCUT2D eigenvalue weighted by Crippen LogP contribution is -2.28. The molecule has 1 aromatic heterocycles. The lowest BCUT2D eigenvalue weighted by molar-refractivity contribution is 0.00237. The predicted octanol–water partition coefficient (Wildman–Crippen LogP) is 0.433. The van der Waals surface area contributed by atoms with Crippen molar-refractivity contribution in [2.45, 2.75) is 44.9 Å². The second-order valence-corrected chi connectivity index (χ2v) is 4.13. The third kappa shape index (κ3) is 2.15. The van der Waals surface area contributed by atoms with Gasteiger partial charge in [0.25, 0.3) is 0 Å². The van der Waals surface area contributed by atoms with Crippen LogP contribution in [0.15, 0.2) is 0 Å². The zero-order valence-corrected chi connectivity index (χ0v) is 9.13. The minimum atomic E-state index is -0.127. The molecular weight excluding hydrogens is 194 g/mol. The molecule has 2 rings (SSSR count). The fourth-order valence-electron chi connectivity index (χ4n) is 1.96. The minimum Gasteiger partial charge on any atom is -0.378 e. The fourth-order valence-corrected chi connectivity index (χ4v) is 1.96. The van der Waals surface area contributed by atoms with E-state index in [1.807, 2.05) is 11.6 Å². The molecule has 6 heteroatoms. The molecule has 6 nitrogen and oxygen atoms in total. The molecule has 1 aliphatic heterocycles. The Balaban J connectivity index is 2.17. The fraction of sp³-hybridized carbons (Fsp3) is 0.889. The number of aromatic nitrogens is 4. The maximum atomic E-state index is 5.81. The van der Waals surface area contributed by atoms with Crippen LogP contribution in [0, 0.1) is 0 Å². The van der Waals surface area contributed by atoms with E-state index >= 15 is 0 Å². The van der Waals surface area contributed by atoms with Crippen LogP contribution in [0.4, 0.5) is 0 Å². The normalized spacial score (nSPS) is 29.0. The molecule has 0 spiro atoms. The van der Waals surface area contributed by atoms with Gasteiger partial charge in [0.05, 0.1) is 18.2 Å². The van der Waals surface area contributed by atoms with Gasteiger partial charge < -0.3 is 10.5 Å². The lowest BCUT2D eigenvalue weighted by Gasteiger charge is -2.27. The zero-order chi connectivity index (χ0) is 10.8. The summed E-state index contributed by atoms with van der Waals surface area (Å²) >= 11 is 0. The van der Waals surface area contributed by atoms with Gasteiger partial charge in [-0.05, 0) is 37.1 Å². The summed E-state index contributed by atoms with van der Waals surface area (Å²) in [5.74, 6) is 0.758. The monoisotopic (exact) mass is 211 g/mol. The summed E-state index contributed by atoms with van der Waals surface area (Å²) in [5.41, 5.74) is 5.81. The van der Waals surface area contributed by atoms with E-state index in [1.54, 1.807) is 0 Å². The van der Waals surface area contributed by atoms with Crippen molar-refractivity contribution < 1.29 is 4.74 Å². The van der Waals surface area contributed by atoms with Gasteiger partial charge in [0.1, 0.15) is 0 Å². The highest BCUT2D eigenvalue weighted by Crippen LogP contribution is 2.25. The Morgan fingerprint density at radius 1 is 1.60 bits per heavy atom. The van der Waals surface area contributed by atoms with Gasteiger partial charge in [-0.3, -0.25) is 0 Å². The molecule has 1 aliphatic rings. The van der Waals surface area contributed by atoms with E-state index in [9.17, 15) is 0 Å². The number of hydrogen-bond donors (Lipinski definition) is 1. The molecule has 1 aromatic rings. The Bertz CT molecular complexity index is 324. The van der Waals surface area contributed by atoms with Crippen LogP contribution in [0.3, 0.4) is 0 Å². The first-order valence-electron chi connectivity index (χ1n) is 5.33. The van der Waals surface area contributed by atoms with Crippen molar-refractivity contribution in [3.05, 3.63) is 5.82 Å². The highest BCUT2D eigenvalue weighted by atomic mass is 16.5. The summed E-state index contributed by atoms with van der Waals surface area (Å²) in [6.45, 7) is 4.73. The molecule has 0 aromatic carbocycles. The molecule has 0 aliphatic carbocycles. The van der Waals surface area contributed by atoms with Crippen molar-refractivity contribution >= 4 is 0 Å². The summed E-state index contributed by atoms with van der Waals surface area (Å²) in [6.07, 6.45) is 2.17. The highest BCUT2D eigenvalue weighted by molar-refractivity contribution is 4.91. The van der Waals surface area contributed by atoms with Crippen LogP contribution in [0.25, 0.3) is 0 Å². The predicted molar refractivity (Wildman–Crippen MR) is 54.1 cm³/mol. The smallest absolute Gasteiger partial charge is 0.167 e. The largest absolute Gasteiger partial charge is 0.378 e. The van der Waals surface area contributed by atoms with Gasteiger partial charge in [0.15, 0.2) is 5.82 Å². The van der Waals surface area contributed by atoms with Crippen molar-refractivity contribution in [1.82, 2.24) is 20.2 Å². The van der Waals surface area contributed by atoms with Crippen LogP contribution >= 0.6 is 0 Å². The van der Waals surface area contributed by atoms with Gasteiger partial charge >= 0.3 is 0 Å². The number of tetrazole rings is 1. The van der Waals surface area contributed by atoms with Crippen LogP contribution in [-0.2, 0) is 4.74 Å². The summed E-state index contributed by atoms with van der Waals surface area (Å²) in [5, 5.41) is 11.7. The lowest BCUT2D eigenvalue weighted by atomic mass is 10.0. The topological polar surface area (TPSA) is 78.9 Å². The van der Waals surface area contributed by atoms with E-state index in [0.29, 0.717) is 6.04 Å². The maximum absolute atomic E-state index is 5.81. The SMILES string of the molecule is CC1CC(n2nnnc2C(C)N)CCO1. The van der Waals surface area contributed by atoms with Crippen LogP contribution in [-0.4, -0.2) is 32.9 Å². The van der Waals surface area contributed by atoms with Gasteiger partial charge in [-0.1, -0.05) is 0 Å². The number of hydrogen-bond acceptors (Lipinski definition) is 5. The van der Waals surface area contributed by atoms with Crippen LogP contribution in [0.1, 0.15) is 44.6 Å². The molecule has 0 saturated carbocycles. The quantitative estimate of drug-likeness (QED) is 0.767. The maximum Gasteiger partial charge on any atom is 0.167 e. The summed E-state index contributed by atoms with van der Waals surface area (Å²) < 4.78 is 7.34. The summed E-state index contributed by atoms with van der Waals surface area (Å²) in [7, 11) is 0. The second-order valence-electron chi connectivity index (χ2n) is 4.13. The Hall–Kier alpha value is -1.01. The first-order chi connectivity index (χ1) is 7.18. The third-order valence-electron chi connectivity index (χ3n) is 2.73. The molecule has 0 bridgehead atoms. The first kappa shape index (κ1) is 10.5. The molecule has 1 fully saturated rings. The molecule has 3 atom stereocenters. The average Bonchev–Trinajstić information content (AvgIpc) is 2.65. The molecular formula is C9H17N5O. The van der Waals surface area contributed by atoms with E-state index in [0.717, 1.165) is 25.3 Å². The standard InChI is InChI=1S/C9H17N5O/c1-6-5-8(3-4-15-6)14-9(7(2)10)11-12-13-14/h6-8H,3-5,10H2,1-2H3. The van der Waals surface area contributed by atoms with Crippen LogP contribution in [0.5, 0.6) is 0 Å². The Morgan fingerprint density at radius 2 is 2.40 bits per heavy atom. The molecule has 0 radical (unpaired) electrons. The molecule has 2 N–H and O–H groups in total. The number of nitrogens with two attached hydrogens (primary N) is 1. The molecule has 84 valence electrons. The van der Waals surface area contributed by atoms with Gasteiger partial charge in [0.2, 0.25) is 0 Å². The second kappa shape index (κ2) is 4.24. The summed E-state index contributed by atoms with van der Waals surface area (Å²) in [6, 6.07) is 0.197. The molecule has 1 saturated heterocycles. The van der Waals surface area contributed by atoms with E-state index in [-0.39, 0.29) is 12.1 Å². The van der Waals surface area contributed by atoms with Crippen molar-refractivity contribution in [3.8, 4) is 0 Å². The number of nitrogens with zero attached hydrogens (tertiary/aromatic N) is 4. The minimum absolute atomic E-state index is 0.127. The Labute approximate surface area is 88.8 Å². The highest BCUT2D eigenvalue weighted by Gasteiger charge is 2.25. The third-order valence-corrected chi connectivity index (χ3v) is 2.73. The Kier molecular flexibility index (Phi) is 2.97. The number of ether oxygens (including phenoxy) is 1. The van der Waals surface area contributed by atoms with E-state index in [4.69, 9.17) is 10.5 Å². The van der Waals surface area contributed by atoms with E-state index in [2.05, 4.69) is 22.4 Å². The van der Waals surface area contributed by atoms with Gasteiger partial charge in [-0.2, -0.15) is 0 Å².